The molecule has 15 heavy (non-hydrogen) atoms. The molecule has 2 heterocycles. The smallest absolute Gasteiger partial charge is 0.122 e. The lowest BCUT2D eigenvalue weighted by atomic mass is 10.3. The summed E-state index contributed by atoms with van der Waals surface area (Å²) in [7, 11) is 0. The summed E-state index contributed by atoms with van der Waals surface area (Å²) in [6.07, 6.45) is 3.58. The van der Waals surface area contributed by atoms with Gasteiger partial charge >= 0.3 is 0 Å². The number of hydrogen-bond acceptors (Lipinski definition) is 3. The first-order valence-electron chi connectivity index (χ1n) is 4.45. The van der Waals surface area contributed by atoms with Crippen molar-refractivity contribution < 1.29 is 0 Å². The largest absolute Gasteiger partial charge is 0.388 e. The SMILES string of the molecule is Cc1ccn(-c2ccc(C(N)=S)nc2)n1. The van der Waals surface area contributed by atoms with E-state index in [2.05, 4.69) is 10.1 Å². The number of hydrogen-bond donors (Lipinski definition) is 1. The van der Waals surface area contributed by atoms with Crippen molar-refractivity contribution in [1.82, 2.24) is 14.8 Å². The van der Waals surface area contributed by atoms with Gasteiger partial charge in [-0.1, -0.05) is 12.2 Å². The van der Waals surface area contributed by atoms with Gasteiger partial charge in [0.25, 0.3) is 0 Å². The van der Waals surface area contributed by atoms with Crippen LogP contribution in [0, 0.1) is 6.92 Å². The Morgan fingerprint density at radius 3 is 2.67 bits per heavy atom. The third-order valence-electron chi connectivity index (χ3n) is 1.99. The van der Waals surface area contributed by atoms with E-state index in [-0.39, 0.29) is 0 Å². The predicted octanol–water partition coefficient (Wildman–Crippen LogP) is 1.21. The van der Waals surface area contributed by atoms with Crippen LogP contribution in [0.2, 0.25) is 0 Å². The van der Waals surface area contributed by atoms with Crippen molar-refractivity contribution in [2.75, 3.05) is 0 Å². The van der Waals surface area contributed by atoms with Gasteiger partial charge in [-0.05, 0) is 25.1 Å². The van der Waals surface area contributed by atoms with Crippen molar-refractivity contribution in [2.24, 2.45) is 5.73 Å². The Morgan fingerprint density at radius 1 is 1.40 bits per heavy atom. The molecule has 0 aliphatic rings. The third kappa shape index (κ3) is 2.02. The summed E-state index contributed by atoms with van der Waals surface area (Å²) in [4.78, 5) is 4.44. The Hall–Kier alpha value is -1.75. The van der Waals surface area contributed by atoms with Gasteiger partial charge in [-0.25, -0.2) is 4.68 Å². The molecule has 0 unspecified atom stereocenters. The Kier molecular flexibility index (Phi) is 2.47. The third-order valence-corrected chi connectivity index (χ3v) is 2.20. The molecule has 0 aliphatic carbocycles. The molecule has 0 saturated heterocycles. The van der Waals surface area contributed by atoms with E-state index in [1.165, 1.54) is 0 Å². The molecule has 2 aromatic heterocycles. The minimum atomic E-state index is 0.304. The molecule has 76 valence electrons. The number of pyridine rings is 1. The maximum Gasteiger partial charge on any atom is 0.122 e. The highest BCUT2D eigenvalue weighted by Gasteiger charge is 2.00. The van der Waals surface area contributed by atoms with Crippen LogP contribution in [0.4, 0.5) is 0 Å². The average molecular weight is 218 g/mol. The van der Waals surface area contributed by atoms with Crippen LogP contribution in [0.5, 0.6) is 0 Å². The first kappa shape index (κ1) is 9.79. The van der Waals surface area contributed by atoms with Crippen LogP contribution in [-0.2, 0) is 0 Å². The Balaban J connectivity index is 2.35. The van der Waals surface area contributed by atoms with Crippen LogP contribution < -0.4 is 5.73 Å². The summed E-state index contributed by atoms with van der Waals surface area (Å²) in [5.41, 5.74) is 7.93. The highest BCUT2D eigenvalue weighted by Crippen LogP contribution is 2.06. The zero-order valence-electron chi connectivity index (χ0n) is 8.21. The molecule has 5 heteroatoms. The number of nitrogens with two attached hydrogens (primary N) is 1. The second kappa shape index (κ2) is 3.78. The summed E-state index contributed by atoms with van der Waals surface area (Å²) in [6.45, 7) is 1.94. The maximum atomic E-state index is 5.45. The molecule has 0 fully saturated rings. The minimum Gasteiger partial charge on any atom is -0.388 e. The van der Waals surface area contributed by atoms with Gasteiger partial charge in [-0.2, -0.15) is 5.10 Å². The fourth-order valence-corrected chi connectivity index (χ4v) is 1.35. The molecule has 0 bridgehead atoms. The van der Waals surface area contributed by atoms with Crippen molar-refractivity contribution in [3.05, 3.63) is 42.0 Å². The summed E-state index contributed by atoms with van der Waals surface area (Å²) in [6, 6.07) is 5.60. The van der Waals surface area contributed by atoms with Crippen LogP contribution in [0.1, 0.15) is 11.4 Å². The summed E-state index contributed by atoms with van der Waals surface area (Å²) < 4.78 is 1.76. The van der Waals surface area contributed by atoms with Gasteiger partial charge in [0.15, 0.2) is 0 Å². The van der Waals surface area contributed by atoms with Gasteiger partial charge < -0.3 is 5.73 Å². The topological polar surface area (TPSA) is 56.7 Å². The molecule has 0 aliphatic heterocycles. The fraction of sp³-hybridized carbons (Fsp3) is 0.100. The van der Waals surface area contributed by atoms with Gasteiger partial charge in [-0.15, -0.1) is 0 Å². The highest BCUT2D eigenvalue weighted by molar-refractivity contribution is 7.80. The molecule has 0 amide bonds. The van der Waals surface area contributed by atoms with Crippen LogP contribution in [-0.4, -0.2) is 19.8 Å². The van der Waals surface area contributed by atoms with E-state index in [4.69, 9.17) is 18.0 Å². The molecule has 0 spiro atoms. The summed E-state index contributed by atoms with van der Waals surface area (Å²) in [5, 5.41) is 4.27. The second-order valence-corrected chi connectivity index (χ2v) is 3.61. The van der Waals surface area contributed by atoms with E-state index in [0.29, 0.717) is 10.7 Å². The van der Waals surface area contributed by atoms with Crippen molar-refractivity contribution in [3.63, 3.8) is 0 Å². The second-order valence-electron chi connectivity index (χ2n) is 3.17. The van der Waals surface area contributed by atoms with E-state index in [0.717, 1.165) is 11.4 Å². The molecular formula is C10H10N4S. The zero-order valence-corrected chi connectivity index (χ0v) is 9.03. The van der Waals surface area contributed by atoms with E-state index < -0.39 is 0 Å². The van der Waals surface area contributed by atoms with Crippen molar-refractivity contribution >= 4 is 17.2 Å². The molecule has 4 nitrogen and oxygen atoms in total. The number of rotatable bonds is 2. The van der Waals surface area contributed by atoms with Crippen molar-refractivity contribution in [2.45, 2.75) is 6.92 Å². The molecular weight excluding hydrogens is 208 g/mol. The minimum absolute atomic E-state index is 0.304. The Labute approximate surface area is 92.7 Å². The number of nitrogens with zero attached hydrogens (tertiary/aromatic N) is 3. The molecule has 0 atom stereocenters. The molecule has 2 N–H and O–H groups in total. The molecule has 0 aromatic carbocycles. The normalized spacial score (nSPS) is 10.2. The standard InChI is InChI=1S/C10H10N4S/c1-7-4-5-14(13-7)8-2-3-9(10(11)15)12-6-8/h2-6H,1H3,(H2,11,15). The fourth-order valence-electron chi connectivity index (χ4n) is 1.23. The van der Waals surface area contributed by atoms with Gasteiger partial charge in [0.1, 0.15) is 4.99 Å². The zero-order chi connectivity index (χ0) is 10.8. The highest BCUT2D eigenvalue weighted by atomic mass is 32.1. The van der Waals surface area contributed by atoms with Crippen LogP contribution in [0.25, 0.3) is 5.69 Å². The average Bonchev–Trinajstić information content (AvgIpc) is 2.65. The van der Waals surface area contributed by atoms with E-state index in [1.54, 1.807) is 16.9 Å². The van der Waals surface area contributed by atoms with E-state index in [9.17, 15) is 0 Å². The molecule has 0 saturated carbocycles. The first-order valence-corrected chi connectivity index (χ1v) is 4.86. The quantitative estimate of drug-likeness (QED) is 0.770. The van der Waals surface area contributed by atoms with Gasteiger partial charge in [0.2, 0.25) is 0 Å². The van der Waals surface area contributed by atoms with Gasteiger partial charge in [-0.3, -0.25) is 4.98 Å². The lowest BCUT2D eigenvalue weighted by molar-refractivity contribution is 0.856. The molecule has 0 radical (unpaired) electrons. The Morgan fingerprint density at radius 2 is 2.20 bits per heavy atom. The van der Waals surface area contributed by atoms with Crippen LogP contribution in [0.15, 0.2) is 30.6 Å². The summed E-state index contributed by atoms with van der Waals surface area (Å²) in [5.74, 6) is 0. The lowest BCUT2D eigenvalue weighted by Gasteiger charge is -2.01. The first-order chi connectivity index (χ1) is 7.16. The lowest BCUT2D eigenvalue weighted by Crippen LogP contribution is -2.11. The molecule has 2 rings (SSSR count). The predicted molar refractivity (Wildman–Crippen MR) is 62.0 cm³/mol. The van der Waals surface area contributed by atoms with Gasteiger partial charge in [0, 0.05) is 6.20 Å². The number of aromatic nitrogens is 3. The van der Waals surface area contributed by atoms with Crippen LogP contribution in [0.3, 0.4) is 0 Å². The van der Waals surface area contributed by atoms with Crippen molar-refractivity contribution in [3.8, 4) is 5.69 Å². The van der Waals surface area contributed by atoms with E-state index >= 15 is 0 Å². The van der Waals surface area contributed by atoms with Crippen LogP contribution >= 0.6 is 12.2 Å². The number of thiocarbonyl (C=S) groups is 1. The summed E-state index contributed by atoms with van der Waals surface area (Å²) >= 11 is 4.82. The monoisotopic (exact) mass is 218 g/mol. The van der Waals surface area contributed by atoms with E-state index in [1.807, 2.05) is 25.3 Å². The Bertz CT molecular complexity index is 486. The van der Waals surface area contributed by atoms with Crippen molar-refractivity contribution in [1.29, 1.82) is 0 Å². The maximum absolute atomic E-state index is 5.45. The van der Waals surface area contributed by atoms with Gasteiger partial charge in [0.05, 0.1) is 23.3 Å². The molecule has 2 aromatic rings. The number of aryl methyl sites for hydroxylation is 1.